The summed E-state index contributed by atoms with van der Waals surface area (Å²) in [5.74, 6) is 0.552. The molecule has 22 heavy (non-hydrogen) atoms. The maximum atomic E-state index is 12.0. The molecular weight excluding hydrogens is 306 g/mol. The van der Waals surface area contributed by atoms with Crippen LogP contribution in [0.2, 0.25) is 5.02 Å². The summed E-state index contributed by atoms with van der Waals surface area (Å²) in [5, 5.41) is 6.96. The average molecular weight is 322 g/mol. The van der Waals surface area contributed by atoms with Gasteiger partial charge in [0.05, 0.1) is 10.7 Å². The van der Waals surface area contributed by atoms with Crippen LogP contribution >= 0.6 is 11.6 Å². The third-order valence-electron chi connectivity index (χ3n) is 2.98. The Labute approximate surface area is 133 Å². The molecule has 0 radical (unpaired) electrons. The molecule has 0 aliphatic heterocycles. The third-order valence-corrected chi connectivity index (χ3v) is 3.31. The quantitative estimate of drug-likeness (QED) is 0.918. The summed E-state index contributed by atoms with van der Waals surface area (Å²) in [7, 11) is 0. The second-order valence-electron chi connectivity index (χ2n) is 4.74. The number of nitrogens with one attached hydrogen (secondary N) is 1. The molecule has 0 fully saturated rings. The molecule has 1 aromatic carbocycles. The molecule has 0 saturated heterocycles. The Hall–Kier alpha value is -2.34. The molecule has 0 aliphatic carbocycles. The van der Waals surface area contributed by atoms with Gasteiger partial charge in [-0.3, -0.25) is 14.5 Å². The average Bonchev–Trinajstić information content (AvgIpc) is 2.87. The molecule has 1 heterocycles. The largest absolute Gasteiger partial charge is 0.360 e. The molecule has 0 aliphatic rings. The van der Waals surface area contributed by atoms with Gasteiger partial charge in [-0.1, -0.05) is 28.9 Å². The number of benzene rings is 1. The zero-order chi connectivity index (χ0) is 16.1. The van der Waals surface area contributed by atoms with Crippen molar-refractivity contribution >= 4 is 34.9 Å². The van der Waals surface area contributed by atoms with Gasteiger partial charge >= 0.3 is 0 Å². The van der Waals surface area contributed by atoms with E-state index in [-0.39, 0.29) is 24.8 Å². The van der Waals surface area contributed by atoms with Crippen LogP contribution in [0, 0.1) is 6.92 Å². The number of anilines is 2. The van der Waals surface area contributed by atoms with E-state index in [0.29, 0.717) is 22.3 Å². The van der Waals surface area contributed by atoms with Crippen molar-refractivity contribution in [3.05, 3.63) is 41.1 Å². The highest BCUT2D eigenvalue weighted by molar-refractivity contribution is 6.33. The van der Waals surface area contributed by atoms with Crippen molar-refractivity contribution in [3.8, 4) is 0 Å². The molecule has 1 aromatic heterocycles. The highest BCUT2D eigenvalue weighted by atomic mass is 35.5. The molecule has 0 saturated carbocycles. The first-order valence-corrected chi connectivity index (χ1v) is 7.11. The molecule has 2 amide bonds. The van der Waals surface area contributed by atoms with E-state index in [1.54, 1.807) is 37.3 Å². The fraction of sp³-hybridized carbons (Fsp3) is 0.267. The van der Waals surface area contributed by atoms with Crippen LogP contribution in [0.3, 0.4) is 0 Å². The number of aryl methyl sites for hydroxylation is 1. The van der Waals surface area contributed by atoms with E-state index in [1.807, 2.05) is 0 Å². The molecule has 116 valence electrons. The van der Waals surface area contributed by atoms with Gasteiger partial charge in [0.15, 0.2) is 5.82 Å². The number of carbonyl (C=O) groups excluding carboxylic acids is 2. The first-order chi connectivity index (χ1) is 10.5. The number of rotatable bonds is 5. The monoisotopic (exact) mass is 321 g/mol. The van der Waals surface area contributed by atoms with Gasteiger partial charge in [-0.2, -0.15) is 0 Å². The van der Waals surface area contributed by atoms with Crippen molar-refractivity contribution < 1.29 is 14.1 Å². The van der Waals surface area contributed by atoms with E-state index in [1.165, 1.54) is 11.8 Å². The van der Waals surface area contributed by atoms with Gasteiger partial charge in [-0.15, -0.1) is 0 Å². The lowest BCUT2D eigenvalue weighted by molar-refractivity contribution is -0.117. The third kappa shape index (κ3) is 4.08. The Morgan fingerprint density at radius 2 is 2.09 bits per heavy atom. The second-order valence-corrected chi connectivity index (χ2v) is 5.15. The van der Waals surface area contributed by atoms with E-state index >= 15 is 0 Å². The lowest BCUT2D eigenvalue weighted by atomic mass is 10.3. The second kappa shape index (κ2) is 7.09. The molecule has 0 spiro atoms. The zero-order valence-corrected chi connectivity index (χ0v) is 13.1. The van der Waals surface area contributed by atoms with E-state index in [2.05, 4.69) is 10.5 Å². The predicted octanol–water partition coefficient (Wildman–Crippen LogP) is 3.02. The first-order valence-electron chi connectivity index (χ1n) is 6.73. The molecule has 2 rings (SSSR count). The van der Waals surface area contributed by atoms with E-state index < -0.39 is 0 Å². The van der Waals surface area contributed by atoms with Crippen LogP contribution in [0.1, 0.15) is 19.1 Å². The van der Waals surface area contributed by atoms with Crippen LogP contribution in [-0.2, 0) is 9.59 Å². The van der Waals surface area contributed by atoms with Crippen LogP contribution in [0.15, 0.2) is 34.9 Å². The van der Waals surface area contributed by atoms with Crippen LogP contribution in [0.5, 0.6) is 0 Å². The van der Waals surface area contributed by atoms with Gasteiger partial charge in [0.2, 0.25) is 11.8 Å². The van der Waals surface area contributed by atoms with Crippen LogP contribution < -0.4 is 10.2 Å². The van der Waals surface area contributed by atoms with Gasteiger partial charge in [0.1, 0.15) is 5.76 Å². The lowest BCUT2D eigenvalue weighted by Gasteiger charge is -2.17. The number of aromatic nitrogens is 1. The zero-order valence-electron chi connectivity index (χ0n) is 12.3. The Bertz CT molecular complexity index is 684. The molecule has 7 heteroatoms. The number of hydrogen-bond acceptors (Lipinski definition) is 4. The fourth-order valence-electron chi connectivity index (χ4n) is 1.90. The Morgan fingerprint density at radius 3 is 2.68 bits per heavy atom. The number of nitrogens with zero attached hydrogens (tertiary/aromatic N) is 2. The fourth-order valence-corrected chi connectivity index (χ4v) is 2.09. The maximum absolute atomic E-state index is 12.0. The molecule has 1 N–H and O–H groups in total. The Kier molecular flexibility index (Phi) is 5.16. The summed E-state index contributed by atoms with van der Waals surface area (Å²) in [6.45, 7) is 3.35. The van der Waals surface area contributed by atoms with E-state index in [4.69, 9.17) is 16.1 Å². The molecular formula is C15H16ClN3O3. The minimum Gasteiger partial charge on any atom is -0.360 e. The SMILES string of the molecule is CC(=O)N(CCC(=O)Nc1ccccc1Cl)c1cc(C)on1. The highest BCUT2D eigenvalue weighted by Gasteiger charge is 2.17. The Morgan fingerprint density at radius 1 is 1.36 bits per heavy atom. The standard InChI is InChI=1S/C15H16ClN3O3/c1-10-9-14(18-22-10)19(11(2)20)8-7-15(21)17-13-6-4-3-5-12(13)16/h3-6,9H,7-8H2,1-2H3,(H,17,21). The molecule has 0 unspecified atom stereocenters. The summed E-state index contributed by atoms with van der Waals surface area (Å²) in [6, 6.07) is 8.61. The van der Waals surface area contributed by atoms with Crippen molar-refractivity contribution in [2.75, 3.05) is 16.8 Å². The van der Waals surface area contributed by atoms with Crippen LogP contribution in [-0.4, -0.2) is 23.5 Å². The number of carbonyl (C=O) groups is 2. The molecule has 0 atom stereocenters. The summed E-state index contributed by atoms with van der Waals surface area (Å²) >= 11 is 5.98. The molecule has 2 aromatic rings. The number of hydrogen-bond donors (Lipinski definition) is 1. The molecule has 0 bridgehead atoms. The smallest absolute Gasteiger partial charge is 0.226 e. The summed E-state index contributed by atoms with van der Waals surface area (Å²) in [4.78, 5) is 25.0. The van der Waals surface area contributed by atoms with Crippen molar-refractivity contribution in [2.24, 2.45) is 0 Å². The van der Waals surface area contributed by atoms with Crippen LogP contribution in [0.4, 0.5) is 11.5 Å². The van der Waals surface area contributed by atoms with Gasteiger partial charge < -0.3 is 9.84 Å². The summed E-state index contributed by atoms with van der Waals surface area (Å²) in [5.41, 5.74) is 0.542. The van der Waals surface area contributed by atoms with Crippen molar-refractivity contribution in [3.63, 3.8) is 0 Å². The topological polar surface area (TPSA) is 75.4 Å². The number of para-hydroxylation sites is 1. The van der Waals surface area contributed by atoms with Crippen molar-refractivity contribution in [1.29, 1.82) is 0 Å². The first kappa shape index (κ1) is 16.0. The molecule has 6 nitrogen and oxygen atoms in total. The summed E-state index contributed by atoms with van der Waals surface area (Å²) < 4.78 is 4.95. The lowest BCUT2D eigenvalue weighted by Crippen LogP contribution is -2.32. The van der Waals surface area contributed by atoms with Crippen molar-refractivity contribution in [1.82, 2.24) is 5.16 Å². The van der Waals surface area contributed by atoms with Gasteiger partial charge in [-0.05, 0) is 19.1 Å². The van der Waals surface area contributed by atoms with Gasteiger partial charge in [0.25, 0.3) is 0 Å². The highest BCUT2D eigenvalue weighted by Crippen LogP contribution is 2.21. The van der Waals surface area contributed by atoms with Crippen LogP contribution in [0.25, 0.3) is 0 Å². The maximum Gasteiger partial charge on any atom is 0.226 e. The minimum atomic E-state index is -0.237. The Balaban J connectivity index is 1.96. The van der Waals surface area contributed by atoms with E-state index in [0.717, 1.165) is 0 Å². The predicted molar refractivity (Wildman–Crippen MR) is 84.0 cm³/mol. The number of halogens is 1. The van der Waals surface area contributed by atoms with Gasteiger partial charge in [0, 0.05) is 26.0 Å². The van der Waals surface area contributed by atoms with Crippen molar-refractivity contribution in [2.45, 2.75) is 20.3 Å². The number of amides is 2. The normalized spacial score (nSPS) is 10.3. The minimum absolute atomic E-state index is 0.122. The van der Waals surface area contributed by atoms with Gasteiger partial charge in [-0.25, -0.2) is 0 Å². The van der Waals surface area contributed by atoms with E-state index in [9.17, 15) is 9.59 Å². The summed E-state index contributed by atoms with van der Waals surface area (Å²) in [6.07, 6.45) is 0.122.